The van der Waals surface area contributed by atoms with E-state index in [9.17, 15) is 0 Å². The van der Waals surface area contributed by atoms with Gasteiger partial charge in [0, 0.05) is 12.6 Å². The van der Waals surface area contributed by atoms with Crippen molar-refractivity contribution in [2.24, 2.45) is 0 Å². The molecule has 2 heteroatoms. The first-order chi connectivity index (χ1) is 9.22. The summed E-state index contributed by atoms with van der Waals surface area (Å²) < 4.78 is 0. The van der Waals surface area contributed by atoms with E-state index in [4.69, 9.17) is 0 Å². The summed E-state index contributed by atoms with van der Waals surface area (Å²) in [5, 5.41) is 3.55. The molecule has 1 N–H and O–H groups in total. The van der Waals surface area contributed by atoms with E-state index in [1.807, 2.05) is 0 Å². The minimum atomic E-state index is 0.655. The molecule has 0 aliphatic rings. The van der Waals surface area contributed by atoms with E-state index < -0.39 is 0 Å². The first-order valence-corrected chi connectivity index (χ1v) is 7.68. The normalized spacial score (nSPS) is 12.8. The van der Waals surface area contributed by atoms with Gasteiger partial charge in [-0.25, -0.2) is 0 Å². The van der Waals surface area contributed by atoms with Gasteiger partial charge in [-0.1, -0.05) is 37.3 Å². The Morgan fingerprint density at radius 3 is 2.58 bits per heavy atom. The second-order valence-corrected chi connectivity index (χ2v) is 5.54. The van der Waals surface area contributed by atoms with E-state index >= 15 is 0 Å². The molecule has 1 aromatic carbocycles. The minimum absolute atomic E-state index is 0.655. The fourth-order valence-electron chi connectivity index (χ4n) is 2.24. The van der Waals surface area contributed by atoms with Crippen LogP contribution in [0.5, 0.6) is 0 Å². The van der Waals surface area contributed by atoms with E-state index in [1.165, 1.54) is 31.4 Å². The van der Waals surface area contributed by atoms with Gasteiger partial charge in [0.15, 0.2) is 0 Å². The van der Waals surface area contributed by atoms with Gasteiger partial charge in [0.1, 0.15) is 0 Å². The standard InChI is InChI=1S/C17H30N2/c1-4-13-18-16(2)9-8-14-19(3)15-12-17-10-6-5-7-11-17/h5-7,10-11,16,18H,4,8-9,12-15H2,1-3H3. The summed E-state index contributed by atoms with van der Waals surface area (Å²) in [6, 6.07) is 11.4. The van der Waals surface area contributed by atoms with Crippen molar-refractivity contribution in [2.45, 2.75) is 45.6 Å². The van der Waals surface area contributed by atoms with Gasteiger partial charge in [0.25, 0.3) is 0 Å². The lowest BCUT2D eigenvalue weighted by Gasteiger charge is -2.18. The quantitative estimate of drug-likeness (QED) is 0.696. The zero-order valence-corrected chi connectivity index (χ0v) is 12.9. The molecule has 0 fully saturated rings. The Bertz CT molecular complexity index is 310. The fraction of sp³-hybridized carbons (Fsp3) is 0.647. The lowest BCUT2D eigenvalue weighted by atomic mass is 10.1. The Kier molecular flexibility index (Phi) is 8.52. The highest BCUT2D eigenvalue weighted by molar-refractivity contribution is 5.14. The molecule has 0 spiro atoms. The molecule has 1 atom stereocenters. The third kappa shape index (κ3) is 8.02. The number of nitrogens with zero attached hydrogens (tertiary/aromatic N) is 1. The zero-order chi connectivity index (χ0) is 13.9. The Morgan fingerprint density at radius 2 is 1.89 bits per heavy atom. The first-order valence-electron chi connectivity index (χ1n) is 7.68. The van der Waals surface area contributed by atoms with E-state index in [-0.39, 0.29) is 0 Å². The average Bonchev–Trinajstić information content (AvgIpc) is 2.44. The third-order valence-corrected chi connectivity index (χ3v) is 3.54. The number of benzene rings is 1. The first kappa shape index (κ1) is 16.2. The Labute approximate surface area is 119 Å². The SMILES string of the molecule is CCCNC(C)CCCN(C)CCc1ccccc1. The maximum atomic E-state index is 3.55. The van der Waals surface area contributed by atoms with Crippen LogP contribution in [0.3, 0.4) is 0 Å². The van der Waals surface area contributed by atoms with E-state index in [1.54, 1.807) is 0 Å². The molecule has 1 unspecified atom stereocenters. The van der Waals surface area contributed by atoms with Gasteiger partial charge in [0.05, 0.1) is 0 Å². The van der Waals surface area contributed by atoms with Gasteiger partial charge in [-0.05, 0) is 58.3 Å². The molecule has 1 aromatic rings. The maximum absolute atomic E-state index is 3.55. The second kappa shape index (κ2) is 9.99. The van der Waals surface area contributed by atoms with Crippen molar-refractivity contribution in [3.05, 3.63) is 35.9 Å². The van der Waals surface area contributed by atoms with Gasteiger partial charge in [-0.2, -0.15) is 0 Å². The predicted molar refractivity (Wildman–Crippen MR) is 84.6 cm³/mol. The van der Waals surface area contributed by atoms with Gasteiger partial charge in [0.2, 0.25) is 0 Å². The van der Waals surface area contributed by atoms with Crippen molar-refractivity contribution in [3.8, 4) is 0 Å². The topological polar surface area (TPSA) is 15.3 Å². The molecule has 108 valence electrons. The van der Waals surface area contributed by atoms with Crippen LogP contribution in [0, 0.1) is 0 Å². The molecule has 0 aromatic heterocycles. The number of rotatable bonds is 10. The Balaban J connectivity index is 2.06. The van der Waals surface area contributed by atoms with E-state index in [2.05, 4.69) is 61.4 Å². The van der Waals surface area contributed by atoms with Gasteiger partial charge >= 0.3 is 0 Å². The number of nitrogens with one attached hydrogen (secondary N) is 1. The highest BCUT2D eigenvalue weighted by Crippen LogP contribution is 2.02. The highest BCUT2D eigenvalue weighted by atomic mass is 15.1. The minimum Gasteiger partial charge on any atom is -0.314 e. The highest BCUT2D eigenvalue weighted by Gasteiger charge is 2.03. The van der Waals surface area contributed by atoms with Crippen LogP contribution < -0.4 is 5.32 Å². The summed E-state index contributed by atoms with van der Waals surface area (Å²) in [6.45, 7) is 8.01. The number of hydrogen-bond acceptors (Lipinski definition) is 2. The molecule has 19 heavy (non-hydrogen) atoms. The van der Waals surface area contributed by atoms with Crippen LogP contribution in [-0.2, 0) is 6.42 Å². The zero-order valence-electron chi connectivity index (χ0n) is 12.9. The van der Waals surface area contributed by atoms with Crippen LogP contribution in [0.25, 0.3) is 0 Å². The molecule has 0 saturated carbocycles. The van der Waals surface area contributed by atoms with E-state index in [0.29, 0.717) is 6.04 Å². The lowest BCUT2D eigenvalue weighted by molar-refractivity contribution is 0.321. The second-order valence-electron chi connectivity index (χ2n) is 5.54. The summed E-state index contributed by atoms with van der Waals surface area (Å²) in [7, 11) is 2.23. The summed E-state index contributed by atoms with van der Waals surface area (Å²) in [6.07, 6.45) is 4.93. The predicted octanol–water partition coefficient (Wildman–Crippen LogP) is 3.33. The number of hydrogen-bond donors (Lipinski definition) is 1. The summed E-state index contributed by atoms with van der Waals surface area (Å²) in [4.78, 5) is 2.44. The summed E-state index contributed by atoms with van der Waals surface area (Å²) in [5.41, 5.74) is 1.44. The van der Waals surface area contributed by atoms with Crippen LogP contribution in [0.2, 0.25) is 0 Å². The largest absolute Gasteiger partial charge is 0.314 e. The molecule has 0 aliphatic heterocycles. The van der Waals surface area contributed by atoms with Crippen molar-refractivity contribution in [1.29, 1.82) is 0 Å². The summed E-state index contributed by atoms with van der Waals surface area (Å²) >= 11 is 0. The van der Waals surface area contributed by atoms with Gasteiger partial charge < -0.3 is 10.2 Å². The molecule has 0 amide bonds. The van der Waals surface area contributed by atoms with Gasteiger partial charge in [-0.3, -0.25) is 0 Å². The molecule has 0 radical (unpaired) electrons. The van der Waals surface area contributed by atoms with E-state index in [0.717, 1.165) is 19.5 Å². The molecular weight excluding hydrogens is 232 g/mol. The Morgan fingerprint density at radius 1 is 1.16 bits per heavy atom. The Hall–Kier alpha value is -0.860. The molecule has 0 saturated heterocycles. The third-order valence-electron chi connectivity index (χ3n) is 3.54. The monoisotopic (exact) mass is 262 g/mol. The molecule has 0 bridgehead atoms. The molecule has 1 rings (SSSR count). The average molecular weight is 262 g/mol. The van der Waals surface area contributed by atoms with Crippen LogP contribution in [-0.4, -0.2) is 37.6 Å². The van der Waals surface area contributed by atoms with Crippen molar-refractivity contribution >= 4 is 0 Å². The molecule has 0 heterocycles. The van der Waals surface area contributed by atoms with Crippen LogP contribution in [0.4, 0.5) is 0 Å². The van der Waals surface area contributed by atoms with Crippen molar-refractivity contribution in [3.63, 3.8) is 0 Å². The van der Waals surface area contributed by atoms with Crippen LogP contribution in [0.15, 0.2) is 30.3 Å². The van der Waals surface area contributed by atoms with Crippen LogP contribution >= 0.6 is 0 Å². The molecule has 2 nitrogen and oxygen atoms in total. The summed E-state index contributed by atoms with van der Waals surface area (Å²) in [5.74, 6) is 0. The lowest BCUT2D eigenvalue weighted by Crippen LogP contribution is -2.28. The van der Waals surface area contributed by atoms with Crippen molar-refractivity contribution in [1.82, 2.24) is 10.2 Å². The fourth-order valence-corrected chi connectivity index (χ4v) is 2.24. The van der Waals surface area contributed by atoms with Crippen LogP contribution in [0.1, 0.15) is 38.7 Å². The molecular formula is C17H30N2. The number of likely N-dealkylation sites (N-methyl/N-ethyl adjacent to an activating group) is 1. The smallest absolute Gasteiger partial charge is 0.00391 e. The van der Waals surface area contributed by atoms with Gasteiger partial charge in [-0.15, -0.1) is 0 Å². The van der Waals surface area contributed by atoms with Crippen molar-refractivity contribution < 1.29 is 0 Å². The maximum Gasteiger partial charge on any atom is 0.00391 e. The molecule has 0 aliphatic carbocycles. The van der Waals surface area contributed by atoms with Crippen molar-refractivity contribution in [2.75, 3.05) is 26.7 Å².